The predicted molar refractivity (Wildman–Crippen MR) is 84.3 cm³/mol. The van der Waals surface area contributed by atoms with Crippen LogP contribution in [0.25, 0.3) is 0 Å². The normalized spacial score (nSPS) is 30.2. The first-order valence-corrected chi connectivity index (χ1v) is 7.15. The molecule has 2 rings (SSSR count). The molecule has 2 aliphatic rings. The molecular formula is C11H22IN3OS. The topological polar surface area (TPSA) is 50.8 Å². The number of hydrogen-bond acceptors (Lipinski definition) is 3. The van der Waals surface area contributed by atoms with Gasteiger partial charge in [-0.3, -0.25) is 4.99 Å². The van der Waals surface area contributed by atoms with Gasteiger partial charge in [-0.2, -0.15) is 11.8 Å². The summed E-state index contributed by atoms with van der Waals surface area (Å²) in [6.07, 6.45) is 1.56. The van der Waals surface area contributed by atoms with Crippen LogP contribution in [-0.2, 0) is 4.74 Å². The van der Waals surface area contributed by atoms with Crippen LogP contribution in [0.2, 0.25) is 0 Å². The number of ether oxygens (including phenoxy) is 1. The second-order valence-electron chi connectivity index (χ2n) is 4.56. The summed E-state index contributed by atoms with van der Waals surface area (Å²) in [4.78, 5) is 6.65. The van der Waals surface area contributed by atoms with Crippen LogP contribution >= 0.6 is 35.7 Å². The number of nitrogens with two attached hydrogens (primary N) is 1. The van der Waals surface area contributed by atoms with Crippen molar-refractivity contribution >= 4 is 41.7 Å². The fourth-order valence-electron chi connectivity index (χ4n) is 2.08. The largest absolute Gasteiger partial charge is 0.375 e. The lowest BCUT2D eigenvalue weighted by molar-refractivity contribution is 0.00528. The summed E-state index contributed by atoms with van der Waals surface area (Å²) in [5, 5.41) is 0. The molecule has 17 heavy (non-hydrogen) atoms. The molecule has 6 heteroatoms. The van der Waals surface area contributed by atoms with Gasteiger partial charge in [-0.05, 0) is 30.8 Å². The molecule has 2 unspecified atom stereocenters. The zero-order valence-corrected chi connectivity index (χ0v) is 13.4. The second kappa shape index (κ2) is 7.68. The molecule has 0 aromatic rings. The molecule has 0 radical (unpaired) electrons. The first kappa shape index (κ1) is 15.4. The van der Waals surface area contributed by atoms with Crippen molar-refractivity contribution in [3.63, 3.8) is 0 Å². The van der Waals surface area contributed by atoms with Crippen LogP contribution < -0.4 is 5.73 Å². The zero-order valence-electron chi connectivity index (χ0n) is 10.3. The molecule has 100 valence electrons. The highest BCUT2D eigenvalue weighted by molar-refractivity contribution is 14.0. The van der Waals surface area contributed by atoms with Gasteiger partial charge in [0.1, 0.15) is 0 Å². The van der Waals surface area contributed by atoms with E-state index in [1.54, 1.807) is 0 Å². The average molecular weight is 371 g/mol. The van der Waals surface area contributed by atoms with Crippen molar-refractivity contribution in [2.24, 2.45) is 16.6 Å². The van der Waals surface area contributed by atoms with Crippen LogP contribution in [0.15, 0.2) is 4.99 Å². The van der Waals surface area contributed by atoms with Gasteiger partial charge in [0.25, 0.3) is 0 Å². The summed E-state index contributed by atoms with van der Waals surface area (Å²) < 4.78 is 5.48. The first-order chi connectivity index (χ1) is 7.75. The van der Waals surface area contributed by atoms with E-state index in [0.29, 0.717) is 5.96 Å². The van der Waals surface area contributed by atoms with Crippen LogP contribution in [-0.4, -0.2) is 54.7 Å². The molecule has 0 aromatic heterocycles. The summed E-state index contributed by atoms with van der Waals surface area (Å²) in [7, 11) is 0. The second-order valence-corrected chi connectivity index (χ2v) is 5.71. The molecule has 0 aliphatic carbocycles. The monoisotopic (exact) mass is 371 g/mol. The summed E-state index contributed by atoms with van der Waals surface area (Å²) >= 11 is 2.03. The van der Waals surface area contributed by atoms with Gasteiger partial charge in [-0.15, -0.1) is 24.0 Å². The van der Waals surface area contributed by atoms with Crippen LogP contribution in [0.1, 0.15) is 13.3 Å². The number of aliphatic imine (C=N–C) groups is 1. The molecule has 2 heterocycles. The van der Waals surface area contributed by atoms with Crippen molar-refractivity contribution < 1.29 is 4.74 Å². The quantitative estimate of drug-likeness (QED) is 0.453. The van der Waals surface area contributed by atoms with Crippen LogP contribution in [0.5, 0.6) is 0 Å². The standard InChI is InChI=1S/C11H21N3OS.HI/c1-9-7-14(3-4-15-9)11(12)13-6-10-2-5-16-8-10;/h9-10H,2-8H2,1H3,(H2,12,13);1H. The van der Waals surface area contributed by atoms with E-state index >= 15 is 0 Å². The number of rotatable bonds is 2. The van der Waals surface area contributed by atoms with Crippen molar-refractivity contribution in [2.45, 2.75) is 19.4 Å². The number of hydrogen-bond donors (Lipinski definition) is 1. The third-order valence-corrected chi connectivity index (χ3v) is 4.33. The summed E-state index contributed by atoms with van der Waals surface area (Å²) in [5.74, 6) is 3.97. The molecule has 2 atom stereocenters. The third kappa shape index (κ3) is 4.82. The van der Waals surface area contributed by atoms with Gasteiger partial charge in [-0.25, -0.2) is 0 Å². The highest BCUT2D eigenvalue weighted by atomic mass is 127. The van der Waals surface area contributed by atoms with E-state index in [1.165, 1.54) is 17.9 Å². The van der Waals surface area contributed by atoms with Gasteiger partial charge in [0.15, 0.2) is 5.96 Å². The first-order valence-electron chi connectivity index (χ1n) is 6.00. The van der Waals surface area contributed by atoms with Crippen molar-refractivity contribution in [1.29, 1.82) is 0 Å². The van der Waals surface area contributed by atoms with E-state index in [9.17, 15) is 0 Å². The number of halogens is 1. The third-order valence-electron chi connectivity index (χ3n) is 3.10. The maximum absolute atomic E-state index is 6.00. The highest BCUT2D eigenvalue weighted by Crippen LogP contribution is 2.23. The van der Waals surface area contributed by atoms with Gasteiger partial charge >= 0.3 is 0 Å². The molecule has 0 bridgehead atoms. The van der Waals surface area contributed by atoms with E-state index in [1.807, 2.05) is 11.8 Å². The summed E-state index contributed by atoms with van der Waals surface area (Å²) in [5.41, 5.74) is 6.00. The fraction of sp³-hybridized carbons (Fsp3) is 0.909. The molecule has 2 aliphatic heterocycles. The summed E-state index contributed by atoms with van der Waals surface area (Å²) in [6, 6.07) is 0. The molecule has 2 saturated heterocycles. The van der Waals surface area contributed by atoms with Gasteiger partial charge in [0, 0.05) is 19.6 Å². The zero-order chi connectivity index (χ0) is 11.4. The van der Waals surface area contributed by atoms with Crippen molar-refractivity contribution in [3.05, 3.63) is 0 Å². The Morgan fingerprint density at radius 2 is 2.41 bits per heavy atom. The van der Waals surface area contributed by atoms with Crippen LogP contribution in [0, 0.1) is 5.92 Å². The maximum Gasteiger partial charge on any atom is 0.191 e. The van der Waals surface area contributed by atoms with Gasteiger partial charge in [0.2, 0.25) is 0 Å². The Morgan fingerprint density at radius 3 is 3.06 bits per heavy atom. The molecular weight excluding hydrogens is 349 g/mol. The smallest absolute Gasteiger partial charge is 0.191 e. The van der Waals surface area contributed by atoms with Crippen molar-refractivity contribution in [2.75, 3.05) is 37.7 Å². The minimum Gasteiger partial charge on any atom is -0.375 e. The minimum atomic E-state index is 0. The molecule has 2 N–H and O–H groups in total. The minimum absolute atomic E-state index is 0. The summed E-state index contributed by atoms with van der Waals surface area (Å²) in [6.45, 7) is 5.47. The number of nitrogens with zero attached hydrogens (tertiary/aromatic N) is 2. The lowest BCUT2D eigenvalue weighted by Gasteiger charge is -2.31. The Labute approximate surface area is 125 Å². The highest BCUT2D eigenvalue weighted by Gasteiger charge is 2.19. The van der Waals surface area contributed by atoms with E-state index in [2.05, 4.69) is 16.8 Å². The lowest BCUT2D eigenvalue weighted by atomic mass is 10.1. The number of guanidine groups is 1. The Kier molecular flexibility index (Phi) is 6.94. The van der Waals surface area contributed by atoms with E-state index in [0.717, 1.165) is 32.2 Å². The lowest BCUT2D eigenvalue weighted by Crippen LogP contribution is -2.48. The van der Waals surface area contributed by atoms with Crippen molar-refractivity contribution in [1.82, 2.24) is 4.90 Å². The van der Waals surface area contributed by atoms with E-state index < -0.39 is 0 Å². The van der Waals surface area contributed by atoms with Gasteiger partial charge < -0.3 is 15.4 Å². The molecule has 2 fully saturated rings. The van der Waals surface area contributed by atoms with Crippen LogP contribution in [0.4, 0.5) is 0 Å². The predicted octanol–water partition coefficient (Wildman–Crippen LogP) is 1.39. The number of morpholine rings is 1. The Morgan fingerprint density at radius 1 is 1.59 bits per heavy atom. The van der Waals surface area contributed by atoms with Gasteiger partial charge in [0.05, 0.1) is 12.7 Å². The molecule has 4 nitrogen and oxygen atoms in total. The molecule has 0 aromatic carbocycles. The molecule has 0 amide bonds. The molecule has 0 spiro atoms. The fourth-order valence-corrected chi connectivity index (χ4v) is 3.35. The Balaban J connectivity index is 0.00000144. The Hall–Kier alpha value is 0.310. The Bertz CT molecular complexity index is 259. The number of thioether (sulfide) groups is 1. The van der Waals surface area contributed by atoms with E-state index in [4.69, 9.17) is 10.5 Å². The van der Waals surface area contributed by atoms with Gasteiger partial charge in [-0.1, -0.05) is 0 Å². The SMILES string of the molecule is CC1CN(C(N)=NCC2CCSC2)CCO1.I. The van der Waals surface area contributed by atoms with Crippen molar-refractivity contribution in [3.8, 4) is 0 Å². The average Bonchev–Trinajstić information content (AvgIpc) is 2.78. The van der Waals surface area contributed by atoms with Crippen LogP contribution in [0.3, 0.4) is 0 Å². The molecule has 0 saturated carbocycles. The van der Waals surface area contributed by atoms with E-state index in [-0.39, 0.29) is 30.1 Å². The maximum atomic E-state index is 6.00.